The van der Waals surface area contributed by atoms with Gasteiger partial charge in [0.15, 0.2) is 0 Å². The average Bonchev–Trinajstić information content (AvgIpc) is 2.90. The average molecular weight is 310 g/mol. The first-order valence-electron chi connectivity index (χ1n) is 7.34. The summed E-state index contributed by atoms with van der Waals surface area (Å²) >= 11 is 0. The van der Waals surface area contributed by atoms with Crippen molar-refractivity contribution in [2.24, 2.45) is 5.92 Å². The number of piperidine rings is 1. The number of aromatic amines is 1. The molecule has 118 valence electrons. The molecule has 0 saturated carbocycles. The summed E-state index contributed by atoms with van der Waals surface area (Å²) < 4.78 is 38.5. The summed E-state index contributed by atoms with van der Waals surface area (Å²) in [6.07, 6.45) is -1.81. The van der Waals surface area contributed by atoms with Crippen LogP contribution in [0.1, 0.15) is 18.4 Å². The van der Waals surface area contributed by atoms with Gasteiger partial charge in [0, 0.05) is 30.2 Å². The quantitative estimate of drug-likeness (QED) is 0.905. The summed E-state index contributed by atoms with van der Waals surface area (Å²) in [5.41, 5.74) is 1.76. The SMILES string of the molecule is O=C(Cc1c[nH]c2ccccc12)N1CCCC(C(F)(F)F)C1. The molecular weight excluding hydrogens is 293 g/mol. The van der Waals surface area contributed by atoms with E-state index in [1.165, 1.54) is 4.90 Å². The Morgan fingerprint density at radius 2 is 2.09 bits per heavy atom. The predicted molar refractivity (Wildman–Crippen MR) is 77.4 cm³/mol. The van der Waals surface area contributed by atoms with Gasteiger partial charge in [-0.3, -0.25) is 4.79 Å². The summed E-state index contributed by atoms with van der Waals surface area (Å²) in [5.74, 6) is -1.63. The highest BCUT2D eigenvalue weighted by Crippen LogP contribution is 2.33. The second-order valence-electron chi connectivity index (χ2n) is 5.76. The van der Waals surface area contributed by atoms with Crippen molar-refractivity contribution in [1.82, 2.24) is 9.88 Å². The van der Waals surface area contributed by atoms with E-state index < -0.39 is 12.1 Å². The van der Waals surface area contributed by atoms with Gasteiger partial charge in [-0.1, -0.05) is 18.2 Å². The maximum absolute atomic E-state index is 12.8. The smallest absolute Gasteiger partial charge is 0.361 e. The van der Waals surface area contributed by atoms with E-state index in [0.717, 1.165) is 16.5 Å². The number of rotatable bonds is 2. The molecule has 6 heteroatoms. The van der Waals surface area contributed by atoms with E-state index in [1.54, 1.807) is 6.20 Å². The normalized spacial score (nSPS) is 19.6. The van der Waals surface area contributed by atoms with Gasteiger partial charge >= 0.3 is 6.18 Å². The van der Waals surface area contributed by atoms with Crippen molar-refractivity contribution in [3.63, 3.8) is 0 Å². The molecule has 1 aliphatic heterocycles. The molecule has 1 unspecified atom stereocenters. The van der Waals surface area contributed by atoms with Gasteiger partial charge in [0.2, 0.25) is 5.91 Å². The number of nitrogens with one attached hydrogen (secondary N) is 1. The number of halogens is 3. The number of likely N-dealkylation sites (tertiary alicyclic amines) is 1. The third-order valence-corrected chi connectivity index (χ3v) is 4.25. The van der Waals surface area contributed by atoms with Gasteiger partial charge in [-0.15, -0.1) is 0 Å². The Bertz CT molecular complexity index is 677. The molecular formula is C16H17F3N2O. The van der Waals surface area contributed by atoms with Crippen LogP contribution < -0.4 is 0 Å². The standard InChI is InChI=1S/C16H17F3N2O/c17-16(18,19)12-4-3-7-21(10-12)15(22)8-11-9-20-14-6-2-1-5-13(11)14/h1-2,5-6,9,12,20H,3-4,7-8,10H2. The molecule has 2 heterocycles. The van der Waals surface area contributed by atoms with Gasteiger partial charge in [0.25, 0.3) is 0 Å². The number of benzene rings is 1. The maximum Gasteiger partial charge on any atom is 0.393 e. The fourth-order valence-corrected chi connectivity index (χ4v) is 3.02. The zero-order chi connectivity index (χ0) is 15.7. The first-order chi connectivity index (χ1) is 10.4. The van der Waals surface area contributed by atoms with E-state index in [-0.39, 0.29) is 25.3 Å². The van der Waals surface area contributed by atoms with Crippen LogP contribution in [0.5, 0.6) is 0 Å². The van der Waals surface area contributed by atoms with Crippen LogP contribution in [0.3, 0.4) is 0 Å². The summed E-state index contributed by atoms with van der Waals surface area (Å²) in [6.45, 7) is 0.193. The Morgan fingerprint density at radius 1 is 1.32 bits per heavy atom. The Labute approximate surface area is 126 Å². The van der Waals surface area contributed by atoms with Crippen molar-refractivity contribution in [2.75, 3.05) is 13.1 Å². The third-order valence-electron chi connectivity index (χ3n) is 4.25. The molecule has 0 spiro atoms. The largest absolute Gasteiger partial charge is 0.393 e. The van der Waals surface area contributed by atoms with Gasteiger partial charge in [-0.25, -0.2) is 0 Å². The molecule has 22 heavy (non-hydrogen) atoms. The number of hydrogen-bond acceptors (Lipinski definition) is 1. The number of para-hydroxylation sites is 1. The number of nitrogens with zero attached hydrogens (tertiary/aromatic N) is 1. The fraction of sp³-hybridized carbons (Fsp3) is 0.438. The van der Waals surface area contributed by atoms with Gasteiger partial charge in [-0.05, 0) is 24.5 Å². The molecule has 1 atom stereocenters. The zero-order valence-electron chi connectivity index (χ0n) is 12.0. The lowest BCUT2D eigenvalue weighted by Gasteiger charge is -2.33. The monoisotopic (exact) mass is 310 g/mol. The number of carbonyl (C=O) groups excluding carboxylic acids is 1. The molecule has 1 fully saturated rings. The number of carbonyl (C=O) groups is 1. The molecule has 2 aromatic rings. The van der Waals surface area contributed by atoms with Crippen LogP contribution in [0.25, 0.3) is 10.9 Å². The highest BCUT2D eigenvalue weighted by Gasteiger charge is 2.42. The minimum Gasteiger partial charge on any atom is -0.361 e. The molecule has 3 nitrogen and oxygen atoms in total. The maximum atomic E-state index is 12.8. The van der Waals surface area contributed by atoms with Crippen LogP contribution >= 0.6 is 0 Å². The minimum absolute atomic E-state index is 0.111. The topological polar surface area (TPSA) is 36.1 Å². The summed E-state index contributed by atoms with van der Waals surface area (Å²) in [7, 11) is 0. The summed E-state index contributed by atoms with van der Waals surface area (Å²) in [5, 5.41) is 0.945. The molecule has 0 radical (unpaired) electrons. The Kier molecular flexibility index (Phi) is 3.85. The van der Waals surface area contributed by atoms with E-state index in [4.69, 9.17) is 0 Å². The highest BCUT2D eigenvalue weighted by molar-refractivity contribution is 5.88. The molecule has 1 aromatic heterocycles. The molecule has 1 N–H and O–H groups in total. The third kappa shape index (κ3) is 2.96. The van der Waals surface area contributed by atoms with Crippen LogP contribution in [-0.2, 0) is 11.2 Å². The minimum atomic E-state index is -4.22. The van der Waals surface area contributed by atoms with Crippen LogP contribution in [0.4, 0.5) is 13.2 Å². The van der Waals surface area contributed by atoms with Crippen molar-refractivity contribution in [3.05, 3.63) is 36.0 Å². The Morgan fingerprint density at radius 3 is 2.86 bits per heavy atom. The lowest BCUT2D eigenvalue weighted by molar-refractivity contribution is -0.187. The number of alkyl halides is 3. The van der Waals surface area contributed by atoms with Gasteiger partial charge in [0.05, 0.1) is 12.3 Å². The van der Waals surface area contributed by atoms with Crippen molar-refractivity contribution in [3.8, 4) is 0 Å². The molecule has 1 aromatic carbocycles. The van der Waals surface area contributed by atoms with Crippen LogP contribution in [0.2, 0.25) is 0 Å². The number of fused-ring (bicyclic) bond motifs is 1. The van der Waals surface area contributed by atoms with Gasteiger partial charge in [-0.2, -0.15) is 13.2 Å². The second kappa shape index (κ2) is 5.66. The number of H-pyrrole nitrogens is 1. The van der Waals surface area contributed by atoms with Crippen LogP contribution in [-0.4, -0.2) is 35.1 Å². The van der Waals surface area contributed by atoms with E-state index in [9.17, 15) is 18.0 Å². The molecule has 1 aliphatic rings. The van der Waals surface area contributed by atoms with Crippen molar-refractivity contribution in [1.29, 1.82) is 0 Å². The number of aromatic nitrogens is 1. The summed E-state index contributed by atoms with van der Waals surface area (Å²) in [4.78, 5) is 16.8. The van der Waals surface area contributed by atoms with E-state index in [0.29, 0.717) is 13.0 Å². The Hall–Kier alpha value is -1.98. The first kappa shape index (κ1) is 14.9. The van der Waals surface area contributed by atoms with Gasteiger partial charge in [0.1, 0.15) is 0 Å². The second-order valence-corrected chi connectivity index (χ2v) is 5.76. The van der Waals surface area contributed by atoms with E-state index >= 15 is 0 Å². The van der Waals surface area contributed by atoms with E-state index in [1.807, 2.05) is 24.3 Å². The van der Waals surface area contributed by atoms with Crippen LogP contribution in [0, 0.1) is 5.92 Å². The van der Waals surface area contributed by atoms with Crippen molar-refractivity contribution < 1.29 is 18.0 Å². The summed E-state index contributed by atoms with van der Waals surface area (Å²) in [6, 6.07) is 7.58. The fourth-order valence-electron chi connectivity index (χ4n) is 3.02. The molecule has 0 bridgehead atoms. The molecule has 1 saturated heterocycles. The first-order valence-corrected chi connectivity index (χ1v) is 7.34. The van der Waals surface area contributed by atoms with Crippen molar-refractivity contribution in [2.45, 2.75) is 25.4 Å². The number of hydrogen-bond donors (Lipinski definition) is 1. The molecule has 0 aliphatic carbocycles. The zero-order valence-corrected chi connectivity index (χ0v) is 12.0. The van der Waals surface area contributed by atoms with Gasteiger partial charge < -0.3 is 9.88 Å². The number of amides is 1. The Balaban J connectivity index is 1.71. The molecule has 1 amide bonds. The lowest BCUT2D eigenvalue weighted by Crippen LogP contribution is -2.45. The van der Waals surface area contributed by atoms with Crippen molar-refractivity contribution >= 4 is 16.8 Å². The molecule has 3 rings (SSSR count). The lowest BCUT2D eigenvalue weighted by atomic mass is 9.97. The predicted octanol–water partition coefficient (Wildman–Crippen LogP) is 3.51. The highest BCUT2D eigenvalue weighted by atomic mass is 19.4. The van der Waals surface area contributed by atoms with Crippen LogP contribution in [0.15, 0.2) is 30.5 Å². The van der Waals surface area contributed by atoms with E-state index in [2.05, 4.69) is 4.98 Å².